The van der Waals surface area contributed by atoms with Crippen molar-refractivity contribution in [1.29, 1.82) is 0 Å². The van der Waals surface area contributed by atoms with Crippen molar-refractivity contribution in [1.82, 2.24) is 0 Å². The average Bonchev–Trinajstić information content (AvgIpc) is 0.900. The largest absolute Gasteiger partial charge is 0.472 e. The molecule has 3 N–H and O–H groups in total. The standard InChI is InChI=1S/C87H170O17P2/c1-9-80(8)66-58-50-42-34-28-22-16-12-10-11-13-17-23-29-35-43-51-59-67-84(89)97-73-82(103-86(91)69-61-53-44-36-30-24-18-14-15-20-26-32-39-47-55-63-77(2)3)75-101-105(93,94)99-71-81(88)72-100-106(95,96)102-76-83(74-98-85(90)68-60-52-46-38-41-49-57-65-79(6)7)104-87(92)70-62-54-45-37-31-25-19-21-27-33-40-48-56-64-78(4)5/h77-83,88H,9-76H2,1-8H3,(H,93,94)(H,95,96)/t80?,81?,82-,83-/m1/s1. The Hall–Kier alpha value is -1.94. The van der Waals surface area contributed by atoms with E-state index in [2.05, 4.69) is 55.4 Å². The predicted octanol–water partition coefficient (Wildman–Crippen LogP) is 26.3. The van der Waals surface area contributed by atoms with E-state index in [4.69, 9.17) is 37.0 Å². The molecule has 0 saturated heterocycles. The Labute approximate surface area is 651 Å². The summed E-state index contributed by atoms with van der Waals surface area (Å²) in [5.74, 6) is 1.06. The van der Waals surface area contributed by atoms with Gasteiger partial charge in [0.05, 0.1) is 26.4 Å². The average molecular weight is 1550 g/mol. The van der Waals surface area contributed by atoms with Crippen molar-refractivity contribution in [3.8, 4) is 0 Å². The molecule has 0 radical (unpaired) electrons. The minimum Gasteiger partial charge on any atom is -0.462 e. The maximum atomic E-state index is 13.2. The van der Waals surface area contributed by atoms with Crippen molar-refractivity contribution >= 4 is 39.5 Å². The number of hydrogen-bond donors (Lipinski definition) is 3. The fraction of sp³-hybridized carbons (Fsp3) is 0.954. The molecule has 0 amide bonds. The molecule has 0 aliphatic rings. The van der Waals surface area contributed by atoms with Crippen molar-refractivity contribution in [2.45, 2.75) is 472 Å². The Kier molecular flexibility index (Phi) is 74.3. The van der Waals surface area contributed by atoms with Crippen LogP contribution in [-0.2, 0) is 65.4 Å². The first-order valence-corrected chi connectivity index (χ1v) is 47.7. The van der Waals surface area contributed by atoms with Gasteiger partial charge in [0.25, 0.3) is 0 Å². The highest BCUT2D eigenvalue weighted by molar-refractivity contribution is 7.47. The zero-order chi connectivity index (χ0) is 78.1. The lowest BCUT2D eigenvalue weighted by Gasteiger charge is -2.21. The van der Waals surface area contributed by atoms with E-state index < -0.39 is 97.5 Å². The Morgan fingerprint density at radius 3 is 0.670 bits per heavy atom. The van der Waals surface area contributed by atoms with Gasteiger partial charge in [0.15, 0.2) is 12.2 Å². The highest BCUT2D eigenvalue weighted by Crippen LogP contribution is 2.45. The lowest BCUT2D eigenvalue weighted by molar-refractivity contribution is -0.161. The van der Waals surface area contributed by atoms with E-state index in [0.29, 0.717) is 31.6 Å². The second kappa shape index (κ2) is 75.7. The fourth-order valence-corrected chi connectivity index (χ4v) is 15.0. The van der Waals surface area contributed by atoms with E-state index in [-0.39, 0.29) is 25.7 Å². The quantitative estimate of drug-likeness (QED) is 0.0222. The predicted molar refractivity (Wildman–Crippen MR) is 437 cm³/mol. The lowest BCUT2D eigenvalue weighted by atomic mass is 9.99. The van der Waals surface area contributed by atoms with Gasteiger partial charge in [-0.1, -0.05) is 402 Å². The summed E-state index contributed by atoms with van der Waals surface area (Å²) in [6, 6.07) is 0. The van der Waals surface area contributed by atoms with E-state index >= 15 is 0 Å². The van der Waals surface area contributed by atoms with E-state index in [1.54, 1.807) is 0 Å². The molecule has 0 aliphatic heterocycles. The number of aliphatic hydroxyl groups is 1. The van der Waals surface area contributed by atoms with Crippen molar-refractivity contribution in [2.75, 3.05) is 39.6 Å². The van der Waals surface area contributed by atoms with Crippen LogP contribution in [0.5, 0.6) is 0 Å². The van der Waals surface area contributed by atoms with Crippen molar-refractivity contribution < 1.29 is 80.2 Å². The van der Waals surface area contributed by atoms with Gasteiger partial charge >= 0.3 is 39.5 Å². The van der Waals surface area contributed by atoms with Crippen molar-refractivity contribution in [2.24, 2.45) is 23.7 Å². The van der Waals surface area contributed by atoms with Gasteiger partial charge in [0.1, 0.15) is 19.3 Å². The molecule has 0 aromatic rings. The van der Waals surface area contributed by atoms with Crippen molar-refractivity contribution in [3.63, 3.8) is 0 Å². The minimum absolute atomic E-state index is 0.106. The number of ether oxygens (including phenoxy) is 4. The molecule has 0 rings (SSSR count). The Morgan fingerprint density at radius 1 is 0.264 bits per heavy atom. The fourth-order valence-electron chi connectivity index (χ4n) is 13.5. The van der Waals surface area contributed by atoms with Crippen LogP contribution in [-0.4, -0.2) is 96.7 Å². The number of phosphoric ester groups is 2. The molecule has 19 heteroatoms. The third-order valence-corrected chi connectivity index (χ3v) is 22.6. The molecule has 17 nitrogen and oxygen atoms in total. The SMILES string of the molecule is CCC(C)CCCCCCCCCCCCCCCCCCCCC(=O)OC[C@H](COP(=O)(O)OCC(O)COP(=O)(O)OC[C@@H](COC(=O)CCCCCCCCCC(C)C)OC(=O)CCCCCCCCCCCCCCCC(C)C)OC(=O)CCCCCCCCCCCCCCCCCC(C)C. The van der Waals surface area contributed by atoms with Gasteiger partial charge in [-0.05, 0) is 49.4 Å². The summed E-state index contributed by atoms with van der Waals surface area (Å²) >= 11 is 0. The molecule has 4 unspecified atom stereocenters. The second-order valence-electron chi connectivity index (χ2n) is 33.0. The molecule has 0 saturated carbocycles. The van der Waals surface area contributed by atoms with Crippen LogP contribution in [0.15, 0.2) is 0 Å². The molecule has 6 atom stereocenters. The first-order chi connectivity index (χ1) is 51.1. The Bertz CT molecular complexity index is 2060. The maximum absolute atomic E-state index is 13.2. The zero-order valence-corrected chi connectivity index (χ0v) is 71.9. The zero-order valence-electron chi connectivity index (χ0n) is 70.1. The summed E-state index contributed by atoms with van der Waals surface area (Å²) in [4.78, 5) is 73.2. The van der Waals surface area contributed by atoms with E-state index in [1.165, 1.54) is 250 Å². The van der Waals surface area contributed by atoms with Gasteiger partial charge in [0.2, 0.25) is 0 Å². The first-order valence-electron chi connectivity index (χ1n) is 44.7. The number of carbonyl (C=O) groups is 4. The van der Waals surface area contributed by atoms with Crippen molar-refractivity contribution in [3.05, 3.63) is 0 Å². The molecule has 106 heavy (non-hydrogen) atoms. The van der Waals surface area contributed by atoms with Crippen LogP contribution in [0.4, 0.5) is 0 Å². The highest BCUT2D eigenvalue weighted by atomic mass is 31.2. The van der Waals surface area contributed by atoms with Crippen LogP contribution in [0.25, 0.3) is 0 Å². The molecule has 0 aromatic heterocycles. The number of esters is 4. The van der Waals surface area contributed by atoms with Crippen LogP contribution in [0, 0.1) is 23.7 Å². The second-order valence-corrected chi connectivity index (χ2v) is 35.9. The third kappa shape index (κ3) is 78.7. The van der Waals surface area contributed by atoms with E-state index in [1.807, 2.05) is 0 Å². The van der Waals surface area contributed by atoms with Crippen LogP contribution in [0.2, 0.25) is 0 Å². The van der Waals surface area contributed by atoms with Crippen LogP contribution in [0.3, 0.4) is 0 Å². The molecule has 0 fully saturated rings. The molecule has 0 heterocycles. The summed E-state index contributed by atoms with van der Waals surface area (Å²) in [5, 5.41) is 10.7. The van der Waals surface area contributed by atoms with E-state index in [9.17, 15) is 43.2 Å². The summed E-state index contributed by atoms with van der Waals surface area (Å²) in [7, 11) is -9.93. The van der Waals surface area contributed by atoms with Gasteiger partial charge < -0.3 is 33.8 Å². The molecule has 0 aliphatic carbocycles. The Balaban J connectivity index is 5.22. The number of carbonyl (C=O) groups excluding carboxylic acids is 4. The smallest absolute Gasteiger partial charge is 0.462 e. The van der Waals surface area contributed by atoms with Crippen LogP contribution in [0.1, 0.15) is 453 Å². The van der Waals surface area contributed by atoms with Gasteiger partial charge in [0, 0.05) is 25.7 Å². The molecule has 0 spiro atoms. The van der Waals surface area contributed by atoms with Gasteiger partial charge in [-0.2, -0.15) is 0 Å². The molecule has 0 aromatic carbocycles. The number of hydrogen-bond acceptors (Lipinski definition) is 15. The Morgan fingerprint density at radius 2 is 0.453 bits per heavy atom. The normalized spacial score (nSPS) is 14.2. The van der Waals surface area contributed by atoms with Gasteiger partial charge in [-0.3, -0.25) is 37.3 Å². The number of unbranched alkanes of at least 4 members (excludes halogenated alkanes) is 49. The summed E-state index contributed by atoms with van der Waals surface area (Å²) in [5.41, 5.74) is 0. The maximum Gasteiger partial charge on any atom is 0.472 e. The monoisotopic (exact) mass is 1550 g/mol. The molecule has 630 valence electrons. The van der Waals surface area contributed by atoms with Crippen LogP contribution < -0.4 is 0 Å². The number of rotatable bonds is 84. The number of phosphoric acid groups is 2. The number of aliphatic hydroxyl groups excluding tert-OH is 1. The van der Waals surface area contributed by atoms with Gasteiger partial charge in [-0.15, -0.1) is 0 Å². The molecular weight excluding hydrogens is 1380 g/mol. The summed E-state index contributed by atoms with van der Waals surface area (Å²) < 4.78 is 68.9. The van der Waals surface area contributed by atoms with E-state index in [0.717, 1.165) is 114 Å². The first kappa shape index (κ1) is 104. The minimum atomic E-state index is -4.97. The third-order valence-electron chi connectivity index (χ3n) is 20.7. The topological polar surface area (TPSA) is 237 Å². The lowest BCUT2D eigenvalue weighted by Crippen LogP contribution is -2.30. The molecular formula is C87H170O17P2. The highest BCUT2D eigenvalue weighted by Gasteiger charge is 2.31. The molecule has 0 bridgehead atoms. The summed E-state index contributed by atoms with van der Waals surface area (Å²) in [6.07, 6.45) is 65.3. The van der Waals surface area contributed by atoms with Crippen LogP contribution >= 0.6 is 15.6 Å². The summed E-state index contributed by atoms with van der Waals surface area (Å²) in [6.45, 7) is 14.3. The van der Waals surface area contributed by atoms with Gasteiger partial charge in [-0.25, -0.2) is 9.13 Å².